The smallest absolute Gasteiger partial charge is 0.178 e. The highest BCUT2D eigenvalue weighted by Gasteiger charge is 2.33. The molecule has 2 aliphatic heterocycles. The first-order chi connectivity index (χ1) is 9.63. The van der Waals surface area contributed by atoms with Crippen LogP contribution in [0.3, 0.4) is 0 Å². The van der Waals surface area contributed by atoms with E-state index < -0.39 is 0 Å². The second-order valence-electron chi connectivity index (χ2n) is 6.41. The second-order valence-corrected chi connectivity index (χ2v) is 6.41. The summed E-state index contributed by atoms with van der Waals surface area (Å²) in [5.41, 5.74) is 0.839. The zero-order valence-electron chi connectivity index (χ0n) is 12.6. The van der Waals surface area contributed by atoms with Gasteiger partial charge >= 0.3 is 0 Å². The molecule has 3 rings (SSSR count). The Labute approximate surface area is 121 Å². The van der Waals surface area contributed by atoms with Gasteiger partial charge in [0.1, 0.15) is 0 Å². The van der Waals surface area contributed by atoms with Crippen molar-refractivity contribution < 1.29 is 4.79 Å². The van der Waals surface area contributed by atoms with Crippen molar-refractivity contribution in [2.75, 3.05) is 26.2 Å². The lowest BCUT2D eigenvalue weighted by molar-refractivity contribution is 0.0166. The molecule has 0 saturated carbocycles. The minimum Gasteiger partial charge on any atom is -0.357 e. The van der Waals surface area contributed by atoms with Crippen molar-refractivity contribution in [3.8, 4) is 0 Å². The van der Waals surface area contributed by atoms with Crippen molar-refractivity contribution in [3.05, 3.63) is 24.0 Å². The number of aryl methyl sites for hydroxylation is 1. The van der Waals surface area contributed by atoms with E-state index in [1.807, 2.05) is 30.1 Å². The normalized spacial score (nSPS) is 28.3. The molecule has 2 aliphatic rings. The third kappa shape index (κ3) is 2.81. The highest BCUT2D eigenvalue weighted by atomic mass is 16.1. The Morgan fingerprint density at radius 1 is 1.35 bits per heavy atom. The van der Waals surface area contributed by atoms with Crippen molar-refractivity contribution >= 4 is 5.78 Å². The minimum atomic E-state index is 0.252. The number of Topliss-reactive ketones (excluding diaryl/α,β-unsaturated/α-hetero) is 1. The van der Waals surface area contributed by atoms with Crippen LogP contribution < -0.4 is 0 Å². The number of ketones is 1. The molecule has 4 nitrogen and oxygen atoms in total. The first kappa shape index (κ1) is 13.8. The van der Waals surface area contributed by atoms with E-state index in [-0.39, 0.29) is 5.78 Å². The molecule has 2 atom stereocenters. The predicted molar refractivity (Wildman–Crippen MR) is 80.0 cm³/mol. The number of hydrogen-bond donors (Lipinski definition) is 0. The Hall–Kier alpha value is -1.13. The molecule has 2 saturated heterocycles. The van der Waals surface area contributed by atoms with E-state index in [0.29, 0.717) is 18.6 Å². The van der Waals surface area contributed by atoms with E-state index in [4.69, 9.17) is 0 Å². The van der Waals surface area contributed by atoms with Gasteiger partial charge in [-0.15, -0.1) is 0 Å². The van der Waals surface area contributed by atoms with Crippen molar-refractivity contribution in [2.24, 2.45) is 7.05 Å². The molecule has 0 amide bonds. The maximum atomic E-state index is 12.4. The summed E-state index contributed by atoms with van der Waals surface area (Å²) in [6.07, 6.45) is 7.84. The van der Waals surface area contributed by atoms with Gasteiger partial charge in [-0.1, -0.05) is 6.42 Å². The van der Waals surface area contributed by atoms with Gasteiger partial charge in [0.2, 0.25) is 0 Å². The molecule has 3 heterocycles. The fraction of sp³-hybridized carbons (Fsp3) is 0.688. The van der Waals surface area contributed by atoms with E-state index in [1.165, 1.54) is 25.8 Å². The highest BCUT2D eigenvalue weighted by Crippen LogP contribution is 2.24. The number of aromatic nitrogens is 1. The predicted octanol–water partition coefficient (Wildman–Crippen LogP) is 1.77. The Kier molecular flexibility index (Phi) is 3.94. The van der Waals surface area contributed by atoms with Crippen LogP contribution >= 0.6 is 0 Å². The van der Waals surface area contributed by atoms with Gasteiger partial charge in [0, 0.05) is 50.2 Å². The number of carbonyl (C=O) groups excluding carboxylic acids is 1. The van der Waals surface area contributed by atoms with E-state index in [9.17, 15) is 4.79 Å². The molecular formula is C16H25N3O. The number of rotatable bonds is 3. The van der Waals surface area contributed by atoms with Crippen LogP contribution in [0.25, 0.3) is 0 Å². The Bertz CT molecular complexity index is 482. The quantitative estimate of drug-likeness (QED) is 0.787. The molecule has 110 valence electrons. The summed E-state index contributed by atoms with van der Waals surface area (Å²) >= 11 is 0. The van der Waals surface area contributed by atoms with Gasteiger partial charge in [-0.25, -0.2) is 0 Å². The van der Waals surface area contributed by atoms with Crippen molar-refractivity contribution in [2.45, 2.75) is 38.3 Å². The lowest BCUT2D eigenvalue weighted by atomic mass is 9.97. The topological polar surface area (TPSA) is 28.5 Å². The number of nitrogens with zero attached hydrogens (tertiary/aromatic N) is 3. The van der Waals surface area contributed by atoms with Crippen LogP contribution in [-0.4, -0.2) is 58.4 Å². The van der Waals surface area contributed by atoms with Crippen LogP contribution in [0.1, 0.15) is 36.5 Å². The van der Waals surface area contributed by atoms with Crippen LogP contribution in [-0.2, 0) is 7.05 Å². The molecule has 0 aromatic carbocycles. The maximum absolute atomic E-state index is 12.4. The number of piperidine rings is 1. The molecule has 0 radical (unpaired) electrons. The summed E-state index contributed by atoms with van der Waals surface area (Å²) in [6, 6.07) is 3.07. The van der Waals surface area contributed by atoms with Crippen molar-refractivity contribution in [3.63, 3.8) is 0 Å². The molecule has 0 bridgehead atoms. The second kappa shape index (κ2) is 5.70. The first-order valence-electron chi connectivity index (χ1n) is 7.77. The summed E-state index contributed by atoms with van der Waals surface area (Å²) in [5, 5.41) is 0. The van der Waals surface area contributed by atoms with Crippen molar-refractivity contribution in [1.29, 1.82) is 0 Å². The first-order valence-corrected chi connectivity index (χ1v) is 7.77. The molecule has 2 fully saturated rings. The van der Waals surface area contributed by atoms with Gasteiger partial charge in [-0.2, -0.15) is 0 Å². The number of carbonyl (C=O) groups is 1. The van der Waals surface area contributed by atoms with Gasteiger partial charge in [0.05, 0.1) is 6.54 Å². The fourth-order valence-electron chi connectivity index (χ4n) is 3.58. The molecule has 1 aromatic rings. The highest BCUT2D eigenvalue weighted by molar-refractivity contribution is 5.97. The third-order valence-corrected chi connectivity index (χ3v) is 4.82. The Morgan fingerprint density at radius 3 is 2.95 bits per heavy atom. The van der Waals surface area contributed by atoms with Gasteiger partial charge in [-0.3, -0.25) is 14.6 Å². The minimum absolute atomic E-state index is 0.252. The van der Waals surface area contributed by atoms with Crippen LogP contribution in [0.4, 0.5) is 0 Å². The SMILES string of the molecule is CC1CN2CCCCC2CN1CC(=O)c1ccn(C)c1. The lowest BCUT2D eigenvalue weighted by Crippen LogP contribution is -2.59. The Morgan fingerprint density at radius 2 is 2.20 bits per heavy atom. The third-order valence-electron chi connectivity index (χ3n) is 4.82. The van der Waals surface area contributed by atoms with E-state index in [0.717, 1.165) is 18.7 Å². The molecule has 2 unspecified atom stereocenters. The van der Waals surface area contributed by atoms with E-state index >= 15 is 0 Å². The monoisotopic (exact) mass is 275 g/mol. The summed E-state index contributed by atoms with van der Waals surface area (Å²) in [7, 11) is 1.96. The van der Waals surface area contributed by atoms with Crippen molar-refractivity contribution in [1.82, 2.24) is 14.4 Å². The summed E-state index contributed by atoms with van der Waals surface area (Å²) in [5.74, 6) is 0.252. The number of hydrogen-bond acceptors (Lipinski definition) is 3. The molecule has 0 N–H and O–H groups in total. The molecule has 1 aromatic heterocycles. The summed E-state index contributed by atoms with van der Waals surface area (Å²) in [6.45, 7) is 6.24. The van der Waals surface area contributed by atoms with Gasteiger partial charge < -0.3 is 4.57 Å². The van der Waals surface area contributed by atoms with Crippen LogP contribution in [0.5, 0.6) is 0 Å². The summed E-state index contributed by atoms with van der Waals surface area (Å²) < 4.78 is 1.94. The molecule has 4 heteroatoms. The molecule has 0 spiro atoms. The van der Waals surface area contributed by atoms with Crippen LogP contribution in [0.2, 0.25) is 0 Å². The van der Waals surface area contributed by atoms with Gasteiger partial charge in [0.15, 0.2) is 5.78 Å². The maximum Gasteiger partial charge on any atom is 0.178 e. The van der Waals surface area contributed by atoms with Gasteiger partial charge in [-0.05, 0) is 32.4 Å². The average molecular weight is 275 g/mol. The average Bonchev–Trinajstić information content (AvgIpc) is 2.86. The Balaban J connectivity index is 1.63. The molecular weight excluding hydrogens is 250 g/mol. The van der Waals surface area contributed by atoms with Gasteiger partial charge in [0.25, 0.3) is 0 Å². The standard InChI is InChI=1S/C16H25N3O/c1-13-9-18-7-4-3-5-15(18)11-19(13)12-16(20)14-6-8-17(2)10-14/h6,8,10,13,15H,3-5,7,9,11-12H2,1-2H3. The number of piperazine rings is 1. The summed E-state index contributed by atoms with van der Waals surface area (Å²) in [4.78, 5) is 17.4. The molecule has 0 aliphatic carbocycles. The van der Waals surface area contributed by atoms with Crippen LogP contribution in [0, 0.1) is 0 Å². The van der Waals surface area contributed by atoms with E-state index in [1.54, 1.807) is 0 Å². The van der Waals surface area contributed by atoms with Crippen LogP contribution in [0.15, 0.2) is 18.5 Å². The fourth-order valence-corrected chi connectivity index (χ4v) is 3.58. The lowest BCUT2D eigenvalue weighted by Gasteiger charge is -2.47. The molecule has 20 heavy (non-hydrogen) atoms. The zero-order valence-corrected chi connectivity index (χ0v) is 12.6. The zero-order chi connectivity index (χ0) is 14.1. The number of fused-ring (bicyclic) bond motifs is 1. The van der Waals surface area contributed by atoms with E-state index in [2.05, 4.69) is 16.7 Å². The largest absolute Gasteiger partial charge is 0.357 e.